The van der Waals surface area contributed by atoms with Gasteiger partial charge in [-0.2, -0.15) is 0 Å². The van der Waals surface area contributed by atoms with Crippen molar-refractivity contribution in [3.05, 3.63) is 35.9 Å². The number of hydrogen-bond acceptors (Lipinski definition) is 5. The van der Waals surface area contributed by atoms with Gasteiger partial charge in [-0.3, -0.25) is 9.59 Å². The summed E-state index contributed by atoms with van der Waals surface area (Å²) in [5, 5.41) is 2.87. The number of carbonyl (C=O) groups excluding carboxylic acids is 3. The van der Waals surface area contributed by atoms with Crippen molar-refractivity contribution in [1.29, 1.82) is 0 Å². The van der Waals surface area contributed by atoms with E-state index < -0.39 is 34.4 Å². The van der Waals surface area contributed by atoms with Gasteiger partial charge in [0.05, 0.1) is 12.5 Å². The maximum atomic E-state index is 13.2. The molecule has 3 atom stereocenters. The van der Waals surface area contributed by atoms with Gasteiger partial charge < -0.3 is 14.8 Å². The molecule has 1 aromatic rings. The molecule has 1 amide bonds. The lowest BCUT2D eigenvalue weighted by Crippen LogP contribution is -2.51. The van der Waals surface area contributed by atoms with E-state index in [0.29, 0.717) is 19.3 Å². The first kappa shape index (κ1) is 23.9. The zero-order chi connectivity index (χ0) is 22.7. The van der Waals surface area contributed by atoms with E-state index in [2.05, 4.69) is 5.32 Å². The molecule has 166 valence electrons. The summed E-state index contributed by atoms with van der Waals surface area (Å²) >= 11 is 0. The molecule has 0 bridgehead atoms. The van der Waals surface area contributed by atoms with Crippen molar-refractivity contribution in [2.75, 3.05) is 7.11 Å². The Morgan fingerprint density at radius 3 is 2.27 bits per heavy atom. The fourth-order valence-electron chi connectivity index (χ4n) is 4.17. The second-order valence-corrected chi connectivity index (χ2v) is 9.92. The predicted octanol–water partition coefficient (Wildman–Crippen LogP) is 3.67. The molecule has 2 rings (SSSR count). The van der Waals surface area contributed by atoms with Crippen LogP contribution in [0.2, 0.25) is 0 Å². The summed E-state index contributed by atoms with van der Waals surface area (Å²) in [6.45, 7) is 11.2. The smallest absolute Gasteiger partial charge is 0.328 e. The first-order valence-corrected chi connectivity index (χ1v) is 10.5. The molecule has 30 heavy (non-hydrogen) atoms. The Morgan fingerprint density at radius 1 is 1.13 bits per heavy atom. The van der Waals surface area contributed by atoms with Crippen LogP contribution in [0.3, 0.4) is 0 Å². The van der Waals surface area contributed by atoms with Crippen LogP contribution in [0.4, 0.5) is 0 Å². The summed E-state index contributed by atoms with van der Waals surface area (Å²) in [6, 6.07) is 8.69. The summed E-state index contributed by atoms with van der Waals surface area (Å²) < 4.78 is 10.6. The Bertz CT molecular complexity index is 781. The number of carbonyl (C=O) groups is 3. The number of rotatable bonds is 6. The Hall–Kier alpha value is -2.37. The van der Waals surface area contributed by atoms with Crippen molar-refractivity contribution < 1.29 is 23.9 Å². The molecule has 2 unspecified atom stereocenters. The van der Waals surface area contributed by atoms with Crippen LogP contribution in [0.15, 0.2) is 30.3 Å². The van der Waals surface area contributed by atoms with Crippen molar-refractivity contribution >= 4 is 17.8 Å². The number of ether oxygens (including phenoxy) is 2. The highest BCUT2D eigenvalue weighted by atomic mass is 16.6. The van der Waals surface area contributed by atoms with Crippen LogP contribution in [0.1, 0.15) is 59.9 Å². The van der Waals surface area contributed by atoms with Crippen molar-refractivity contribution in [2.45, 2.75) is 72.4 Å². The second-order valence-electron chi connectivity index (χ2n) is 9.92. The van der Waals surface area contributed by atoms with E-state index in [1.165, 1.54) is 7.11 Å². The number of benzene rings is 1. The predicted molar refractivity (Wildman–Crippen MR) is 115 cm³/mol. The van der Waals surface area contributed by atoms with Crippen LogP contribution in [0.25, 0.3) is 0 Å². The summed E-state index contributed by atoms with van der Waals surface area (Å²) in [5.74, 6) is -1.43. The molecule has 0 aromatic heterocycles. The third-order valence-corrected chi connectivity index (χ3v) is 6.48. The minimum absolute atomic E-state index is 0.237. The third kappa shape index (κ3) is 5.02. The Balaban J connectivity index is 2.18. The van der Waals surface area contributed by atoms with Gasteiger partial charge in [0.2, 0.25) is 5.91 Å². The van der Waals surface area contributed by atoms with E-state index in [-0.39, 0.29) is 11.9 Å². The van der Waals surface area contributed by atoms with Gasteiger partial charge >= 0.3 is 11.9 Å². The molecule has 1 N–H and O–H groups in total. The van der Waals surface area contributed by atoms with Crippen LogP contribution in [-0.4, -0.2) is 36.6 Å². The van der Waals surface area contributed by atoms with Crippen molar-refractivity contribution in [1.82, 2.24) is 5.32 Å². The molecule has 6 nitrogen and oxygen atoms in total. The lowest BCUT2D eigenvalue weighted by atomic mass is 9.65. The Labute approximate surface area is 179 Å². The fourth-order valence-corrected chi connectivity index (χ4v) is 4.17. The molecular formula is C24H35NO5. The lowest BCUT2D eigenvalue weighted by molar-refractivity contribution is -0.173. The molecule has 1 fully saturated rings. The van der Waals surface area contributed by atoms with Crippen LogP contribution in [0.5, 0.6) is 0 Å². The number of esters is 2. The minimum Gasteiger partial charge on any atom is -0.467 e. The van der Waals surface area contributed by atoms with Crippen molar-refractivity contribution in [3.8, 4) is 0 Å². The van der Waals surface area contributed by atoms with Gasteiger partial charge in [-0.05, 0) is 51.5 Å². The molecule has 0 spiro atoms. The van der Waals surface area contributed by atoms with E-state index in [1.807, 2.05) is 71.9 Å². The SMILES string of the molecule is COC(=O)[C@H](Cc1ccccc1)NC(=O)C1CCC(C)(C(=O)OC(C)(C)C)C1(C)C. The number of methoxy groups -OCH3 is 1. The van der Waals surface area contributed by atoms with Gasteiger partial charge in [0.1, 0.15) is 11.6 Å². The normalized spacial score (nSPS) is 24.0. The molecule has 1 aliphatic rings. The summed E-state index contributed by atoms with van der Waals surface area (Å²) in [6.07, 6.45) is 1.44. The number of nitrogens with one attached hydrogen (secondary N) is 1. The Kier molecular flexibility index (Phi) is 7.00. The lowest BCUT2D eigenvalue weighted by Gasteiger charge is -2.40. The fraction of sp³-hybridized carbons (Fsp3) is 0.625. The topological polar surface area (TPSA) is 81.7 Å². The first-order chi connectivity index (χ1) is 13.8. The maximum Gasteiger partial charge on any atom is 0.328 e. The van der Waals surface area contributed by atoms with Gasteiger partial charge in [-0.25, -0.2) is 4.79 Å². The monoisotopic (exact) mass is 417 g/mol. The highest BCUT2D eigenvalue weighted by Crippen LogP contribution is 2.56. The zero-order valence-corrected chi connectivity index (χ0v) is 19.2. The van der Waals surface area contributed by atoms with Crippen LogP contribution in [-0.2, 0) is 30.3 Å². The molecule has 0 radical (unpaired) electrons. The van der Waals surface area contributed by atoms with Crippen LogP contribution < -0.4 is 5.32 Å². The minimum atomic E-state index is -0.789. The number of hydrogen-bond donors (Lipinski definition) is 1. The van der Waals surface area contributed by atoms with E-state index in [0.717, 1.165) is 5.56 Å². The second kappa shape index (κ2) is 8.78. The quantitative estimate of drug-likeness (QED) is 0.714. The van der Waals surface area contributed by atoms with Crippen molar-refractivity contribution in [3.63, 3.8) is 0 Å². The molecule has 0 aliphatic heterocycles. The highest BCUT2D eigenvalue weighted by molar-refractivity contribution is 5.88. The standard InChI is InChI=1S/C24H35NO5/c1-22(2,3)30-21(28)24(6)14-13-17(23(24,4)5)19(26)25-18(20(27)29-7)15-16-11-9-8-10-12-16/h8-12,17-18H,13-15H2,1-7H3,(H,25,26)/t17?,18-,24?/m0/s1. The largest absolute Gasteiger partial charge is 0.467 e. The summed E-state index contributed by atoms with van der Waals surface area (Å²) in [7, 11) is 1.31. The number of amides is 1. The first-order valence-electron chi connectivity index (χ1n) is 10.5. The summed E-state index contributed by atoms with van der Waals surface area (Å²) in [4.78, 5) is 38.5. The molecular weight excluding hydrogens is 382 g/mol. The van der Waals surface area contributed by atoms with Crippen molar-refractivity contribution in [2.24, 2.45) is 16.7 Å². The molecule has 0 saturated heterocycles. The maximum absolute atomic E-state index is 13.2. The summed E-state index contributed by atoms with van der Waals surface area (Å²) in [5.41, 5.74) is -1.09. The molecule has 0 heterocycles. The average molecular weight is 418 g/mol. The van der Waals surface area contributed by atoms with E-state index in [9.17, 15) is 14.4 Å². The van der Waals surface area contributed by atoms with E-state index in [1.54, 1.807) is 0 Å². The highest BCUT2D eigenvalue weighted by Gasteiger charge is 2.59. The third-order valence-electron chi connectivity index (χ3n) is 6.48. The molecule has 6 heteroatoms. The zero-order valence-electron chi connectivity index (χ0n) is 19.2. The molecule has 1 saturated carbocycles. The van der Waals surface area contributed by atoms with Gasteiger partial charge in [0, 0.05) is 12.3 Å². The molecule has 1 aromatic carbocycles. The van der Waals surface area contributed by atoms with Crippen LogP contribution >= 0.6 is 0 Å². The van der Waals surface area contributed by atoms with Gasteiger partial charge in [-0.1, -0.05) is 44.2 Å². The van der Waals surface area contributed by atoms with Gasteiger partial charge in [-0.15, -0.1) is 0 Å². The molecule has 1 aliphatic carbocycles. The van der Waals surface area contributed by atoms with E-state index in [4.69, 9.17) is 9.47 Å². The van der Waals surface area contributed by atoms with Crippen LogP contribution in [0, 0.1) is 16.7 Å². The van der Waals surface area contributed by atoms with Gasteiger partial charge in [0.25, 0.3) is 0 Å². The Morgan fingerprint density at radius 2 is 1.73 bits per heavy atom. The van der Waals surface area contributed by atoms with E-state index >= 15 is 0 Å². The average Bonchev–Trinajstić information content (AvgIpc) is 2.90. The van der Waals surface area contributed by atoms with Gasteiger partial charge in [0.15, 0.2) is 0 Å².